The van der Waals surface area contributed by atoms with E-state index < -0.39 is 65.1 Å². The van der Waals surface area contributed by atoms with Crippen LogP contribution in [0.5, 0.6) is 0 Å². The van der Waals surface area contributed by atoms with Crippen molar-refractivity contribution in [3.8, 4) is 0 Å². The van der Waals surface area contributed by atoms with Gasteiger partial charge in [0.15, 0.2) is 5.78 Å². The largest absolute Gasteiger partial charge is 0.461 e. The molecule has 1 aliphatic carbocycles. The zero-order valence-electron chi connectivity index (χ0n) is 21.6. The molecule has 1 fully saturated rings. The van der Waals surface area contributed by atoms with Gasteiger partial charge in [0.1, 0.15) is 17.6 Å². The topological polar surface area (TPSA) is 136 Å². The quantitative estimate of drug-likeness (QED) is 0.342. The molecule has 2 N–H and O–H groups in total. The highest BCUT2D eigenvalue weighted by atomic mass is 16.6. The molecule has 36 heavy (non-hydrogen) atoms. The van der Waals surface area contributed by atoms with Gasteiger partial charge in [-0.1, -0.05) is 48.5 Å². The average molecular weight is 502 g/mol. The number of nitrogens with one attached hydrogen (secondary N) is 1. The minimum atomic E-state index is -1.81. The predicted octanol–water partition coefficient (Wildman–Crippen LogP) is 2.29. The first-order valence-corrected chi connectivity index (χ1v) is 11.9. The molecular formula is C27H35NO8. The molecule has 3 rings (SSSR count). The molecule has 0 aromatic rings. The zero-order chi connectivity index (χ0) is 27.2. The number of carbonyl (C=O) groups is 5. The highest BCUT2D eigenvalue weighted by molar-refractivity contribution is 6.35. The molecule has 2 heterocycles. The molecule has 0 aromatic heterocycles. The summed E-state index contributed by atoms with van der Waals surface area (Å²) in [5.41, 5.74) is -0.437. The summed E-state index contributed by atoms with van der Waals surface area (Å²) in [6.45, 7) is 8.85. The Morgan fingerprint density at radius 3 is 2.36 bits per heavy atom. The lowest BCUT2D eigenvalue weighted by Gasteiger charge is -2.42. The second kappa shape index (κ2) is 12.1. The number of allylic oxidation sites excluding steroid dienone is 4. The van der Waals surface area contributed by atoms with Crippen molar-refractivity contribution >= 4 is 29.4 Å². The van der Waals surface area contributed by atoms with E-state index >= 15 is 0 Å². The Balaban J connectivity index is 2.60. The maximum atomic E-state index is 13.6. The number of aliphatic hydroxyl groups is 1. The standard InChI is InChI=1S/C27H35NO8/c1-15-7-10-20(31)11-8-16(2)13-23(28-25(33)18(4)29)27(6)24(32)17(3)22(36-26(27)34)14-21(12-9-15)35-19(5)30/h7-9,11-13,17,20-23,31H,10,14H2,1-6H3,(H,28,33)/b11-8+,12-9+,15-7+,16-13?. The number of ketones is 2. The van der Waals surface area contributed by atoms with Crippen LogP contribution in [0.4, 0.5) is 0 Å². The van der Waals surface area contributed by atoms with E-state index in [2.05, 4.69) is 5.32 Å². The van der Waals surface area contributed by atoms with Crippen LogP contribution in [0, 0.1) is 11.3 Å². The monoisotopic (exact) mass is 501 g/mol. The van der Waals surface area contributed by atoms with Crippen molar-refractivity contribution in [1.82, 2.24) is 5.32 Å². The maximum Gasteiger partial charge on any atom is 0.322 e. The number of hydrogen-bond donors (Lipinski definition) is 2. The van der Waals surface area contributed by atoms with Gasteiger partial charge < -0.3 is 19.9 Å². The highest BCUT2D eigenvalue weighted by Crippen LogP contribution is 2.38. The Morgan fingerprint density at radius 1 is 1.11 bits per heavy atom. The van der Waals surface area contributed by atoms with Crippen LogP contribution in [0.1, 0.15) is 54.4 Å². The summed E-state index contributed by atoms with van der Waals surface area (Å²) in [6, 6.07) is -1.18. The summed E-state index contributed by atoms with van der Waals surface area (Å²) < 4.78 is 11.1. The fourth-order valence-electron chi connectivity index (χ4n) is 4.13. The second-order valence-corrected chi connectivity index (χ2v) is 9.57. The van der Waals surface area contributed by atoms with Crippen LogP contribution in [0.3, 0.4) is 0 Å². The van der Waals surface area contributed by atoms with Gasteiger partial charge in [0.2, 0.25) is 5.78 Å². The van der Waals surface area contributed by atoms with Crippen molar-refractivity contribution in [3.05, 3.63) is 47.6 Å². The van der Waals surface area contributed by atoms with Crippen LogP contribution in [0.2, 0.25) is 0 Å². The molecular weight excluding hydrogens is 466 g/mol. The minimum Gasteiger partial charge on any atom is -0.461 e. The van der Waals surface area contributed by atoms with E-state index in [1.165, 1.54) is 19.9 Å². The lowest BCUT2D eigenvalue weighted by Crippen LogP contribution is -2.61. The molecule has 2 bridgehead atoms. The summed E-state index contributed by atoms with van der Waals surface area (Å²) >= 11 is 0. The van der Waals surface area contributed by atoms with Crippen LogP contribution in [0.15, 0.2) is 47.6 Å². The third-order valence-electron chi connectivity index (χ3n) is 6.44. The molecule has 9 heteroatoms. The van der Waals surface area contributed by atoms with Crippen LogP contribution in [-0.4, -0.2) is 58.9 Å². The molecule has 2 aliphatic heterocycles. The molecule has 3 aliphatic rings. The molecule has 196 valence electrons. The number of aliphatic hydroxyl groups excluding tert-OH is 1. The Labute approximate surface area is 211 Å². The first kappa shape index (κ1) is 28.9. The normalized spacial score (nSPS) is 34.8. The molecule has 9 nitrogen and oxygen atoms in total. The summed E-state index contributed by atoms with van der Waals surface area (Å²) in [7, 11) is 0. The molecule has 6 atom stereocenters. The van der Waals surface area contributed by atoms with Crippen molar-refractivity contribution in [1.29, 1.82) is 0 Å². The van der Waals surface area contributed by atoms with Gasteiger partial charge in [-0.2, -0.15) is 0 Å². The van der Waals surface area contributed by atoms with E-state index in [-0.39, 0.29) is 6.42 Å². The van der Waals surface area contributed by atoms with Crippen LogP contribution < -0.4 is 5.32 Å². The van der Waals surface area contributed by atoms with Crippen molar-refractivity contribution < 1.29 is 38.6 Å². The number of fused-ring (bicyclic) bond motifs is 10. The summed E-state index contributed by atoms with van der Waals surface area (Å²) in [5.74, 6) is -4.37. The number of carbonyl (C=O) groups excluding carboxylic acids is 5. The Hall–Kier alpha value is -3.33. The predicted molar refractivity (Wildman–Crippen MR) is 131 cm³/mol. The second-order valence-electron chi connectivity index (χ2n) is 9.57. The van der Waals surface area contributed by atoms with Gasteiger partial charge in [0, 0.05) is 20.3 Å². The Kier molecular flexibility index (Phi) is 9.69. The summed E-state index contributed by atoms with van der Waals surface area (Å²) in [6.07, 6.45) is 7.78. The molecule has 1 saturated heterocycles. The Bertz CT molecular complexity index is 1040. The average Bonchev–Trinajstić information content (AvgIpc) is 2.80. The zero-order valence-corrected chi connectivity index (χ0v) is 21.6. The third-order valence-corrected chi connectivity index (χ3v) is 6.44. The van der Waals surface area contributed by atoms with Crippen molar-refractivity contribution in [2.45, 2.75) is 78.7 Å². The van der Waals surface area contributed by atoms with Gasteiger partial charge in [-0.3, -0.25) is 24.0 Å². The van der Waals surface area contributed by atoms with E-state index in [0.29, 0.717) is 12.0 Å². The number of esters is 2. The third kappa shape index (κ3) is 7.10. The first-order valence-electron chi connectivity index (χ1n) is 11.9. The lowest BCUT2D eigenvalue weighted by molar-refractivity contribution is -0.182. The lowest BCUT2D eigenvalue weighted by atomic mass is 9.69. The minimum absolute atomic E-state index is 0.0571. The summed E-state index contributed by atoms with van der Waals surface area (Å²) in [5, 5.41) is 12.8. The van der Waals surface area contributed by atoms with Crippen molar-refractivity contribution in [3.63, 3.8) is 0 Å². The van der Waals surface area contributed by atoms with Gasteiger partial charge in [-0.25, -0.2) is 0 Å². The number of hydrogen-bond acceptors (Lipinski definition) is 8. The highest BCUT2D eigenvalue weighted by Gasteiger charge is 2.56. The van der Waals surface area contributed by atoms with Crippen molar-refractivity contribution in [2.24, 2.45) is 11.3 Å². The SMILES string of the molecule is CC(=O)OC1/C=C/C(C)=C/CC(O)/C=C/C(C)=CC(NC(=O)C(C)=O)C2(C)C(=O)OC(C1)C(C)C2=O. The van der Waals surface area contributed by atoms with Crippen molar-refractivity contribution in [2.75, 3.05) is 0 Å². The van der Waals surface area contributed by atoms with Crippen LogP contribution in [0.25, 0.3) is 0 Å². The number of Topliss-reactive ketones (excluding diaryl/α,β-unsaturated/α-hetero) is 2. The van der Waals surface area contributed by atoms with Gasteiger partial charge >= 0.3 is 11.9 Å². The van der Waals surface area contributed by atoms with E-state index in [4.69, 9.17) is 9.47 Å². The fourth-order valence-corrected chi connectivity index (χ4v) is 4.13. The van der Waals surface area contributed by atoms with Gasteiger partial charge in [0.05, 0.1) is 18.1 Å². The Morgan fingerprint density at radius 2 is 1.75 bits per heavy atom. The van der Waals surface area contributed by atoms with Gasteiger partial charge in [0.25, 0.3) is 5.91 Å². The number of rotatable bonds is 3. The van der Waals surface area contributed by atoms with Gasteiger partial charge in [-0.15, -0.1) is 0 Å². The molecule has 6 unspecified atom stereocenters. The van der Waals surface area contributed by atoms with E-state index in [1.807, 2.05) is 13.0 Å². The molecule has 0 aromatic carbocycles. The fraction of sp³-hybridized carbons (Fsp3) is 0.519. The molecule has 1 amide bonds. The number of amides is 1. The number of ether oxygens (including phenoxy) is 2. The van der Waals surface area contributed by atoms with Crippen LogP contribution in [-0.2, 0) is 33.4 Å². The van der Waals surface area contributed by atoms with Crippen LogP contribution >= 0.6 is 0 Å². The van der Waals surface area contributed by atoms with E-state index in [9.17, 15) is 29.1 Å². The van der Waals surface area contributed by atoms with Gasteiger partial charge in [-0.05, 0) is 33.3 Å². The van der Waals surface area contributed by atoms with E-state index in [1.54, 1.807) is 38.2 Å². The molecule has 0 saturated carbocycles. The first-order chi connectivity index (χ1) is 16.7. The molecule has 0 radical (unpaired) electrons. The molecule has 0 spiro atoms. The summed E-state index contributed by atoms with van der Waals surface area (Å²) in [4.78, 5) is 62.5. The maximum absolute atomic E-state index is 13.6. The van der Waals surface area contributed by atoms with E-state index in [0.717, 1.165) is 12.5 Å². The smallest absolute Gasteiger partial charge is 0.322 e.